The van der Waals surface area contributed by atoms with Gasteiger partial charge in [-0.2, -0.15) is 13.2 Å². The number of benzene rings is 3. The van der Waals surface area contributed by atoms with Crippen molar-refractivity contribution in [3.63, 3.8) is 0 Å². The maximum absolute atomic E-state index is 13.2. The third-order valence-corrected chi connectivity index (χ3v) is 5.29. The minimum atomic E-state index is -4.60. The fraction of sp³-hybridized carbons (Fsp3) is 0.0800. The summed E-state index contributed by atoms with van der Waals surface area (Å²) in [5.74, 6) is -1.97. The number of alkyl halides is 3. The van der Waals surface area contributed by atoms with Gasteiger partial charge in [-0.1, -0.05) is 66.7 Å². The molecule has 0 atom stereocenters. The largest absolute Gasteiger partial charge is 0.416 e. The number of hydrogen-bond donors (Lipinski definition) is 3. The molecule has 1 heterocycles. The summed E-state index contributed by atoms with van der Waals surface area (Å²) in [6.07, 6.45) is -3.62. The molecule has 37 heavy (non-hydrogen) atoms. The Bertz CT molecular complexity index is 1360. The predicted molar refractivity (Wildman–Crippen MR) is 130 cm³/mol. The van der Waals surface area contributed by atoms with E-state index in [1.807, 2.05) is 12.1 Å². The van der Waals surface area contributed by atoms with Crippen LogP contribution in [0.15, 0.2) is 91.3 Å². The summed E-state index contributed by atoms with van der Waals surface area (Å²) in [5, 5.41) is 14.4. The second-order valence-corrected chi connectivity index (χ2v) is 7.75. The molecule has 0 aliphatic heterocycles. The Morgan fingerprint density at radius 3 is 2.03 bits per heavy atom. The van der Waals surface area contributed by atoms with E-state index < -0.39 is 34.2 Å². The molecule has 0 spiro atoms. The lowest BCUT2D eigenvalue weighted by Crippen LogP contribution is -2.35. The number of hydrazine groups is 1. The molecule has 1 amide bonds. The average Bonchev–Trinajstić information content (AvgIpc) is 2.88. The SMILES string of the molecule is O=C(NNc1ncnc(Nc2cccc(C(F)(F)F)c2)c1[N+](=O)[O-])C(c1ccccc1)c1ccccc1. The van der Waals surface area contributed by atoms with Gasteiger partial charge in [0.2, 0.25) is 17.5 Å². The molecule has 4 rings (SSSR count). The summed E-state index contributed by atoms with van der Waals surface area (Å²) in [4.78, 5) is 31.9. The zero-order valence-corrected chi connectivity index (χ0v) is 18.9. The van der Waals surface area contributed by atoms with Crippen molar-refractivity contribution in [1.29, 1.82) is 0 Å². The number of amides is 1. The number of aromatic nitrogens is 2. The van der Waals surface area contributed by atoms with Gasteiger partial charge in [0.25, 0.3) is 0 Å². The van der Waals surface area contributed by atoms with Gasteiger partial charge in [-0.25, -0.2) is 9.97 Å². The zero-order chi connectivity index (χ0) is 26.4. The second-order valence-electron chi connectivity index (χ2n) is 7.75. The number of nitro groups is 1. The molecule has 188 valence electrons. The third kappa shape index (κ3) is 5.99. The monoisotopic (exact) mass is 508 g/mol. The van der Waals surface area contributed by atoms with Gasteiger partial charge in [-0.05, 0) is 29.3 Å². The van der Waals surface area contributed by atoms with E-state index in [2.05, 4.69) is 26.1 Å². The van der Waals surface area contributed by atoms with E-state index in [9.17, 15) is 28.1 Å². The van der Waals surface area contributed by atoms with Crippen molar-refractivity contribution in [3.8, 4) is 0 Å². The minimum absolute atomic E-state index is 0.0696. The Labute approximate surface area is 208 Å². The normalized spacial score (nSPS) is 11.1. The fourth-order valence-electron chi connectivity index (χ4n) is 3.62. The molecule has 3 N–H and O–H groups in total. The summed E-state index contributed by atoms with van der Waals surface area (Å²) in [6, 6.07) is 22.0. The van der Waals surface area contributed by atoms with Crippen LogP contribution in [0.4, 0.5) is 36.2 Å². The third-order valence-electron chi connectivity index (χ3n) is 5.29. The molecule has 12 heteroatoms. The Kier molecular flexibility index (Phi) is 7.28. The van der Waals surface area contributed by atoms with Crippen LogP contribution in [0.3, 0.4) is 0 Å². The van der Waals surface area contributed by atoms with Gasteiger partial charge < -0.3 is 5.32 Å². The van der Waals surface area contributed by atoms with E-state index in [0.29, 0.717) is 11.1 Å². The standard InChI is InChI=1S/C25H19F3N6O3/c26-25(27,28)18-12-7-13-19(14-18)31-22-21(34(36)37)23(30-15-29-22)32-33-24(35)20(16-8-3-1-4-9-16)17-10-5-2-6-11-17/h1-15,20H,(H,33,35)(H2,29,30,31,32). The van der Waals surface area contributed by atoms with Crippen molar-refractivity contribution < 1.29 is 22.9 Å². The molecule has 0 radical (unpaired) electrons. The fourth-order valence-corrected chi connectivity index (χ4v) is 3.62. The first-order valence-corrected chi connectivity index (χ1v) is 10.8. The van der Waals surface area contributed by atoms with Crippen LogP contribution in [-0.4, -0.2) is 20.8 Å². The summed E-state index contributed by atoms with van der Waals surface area (Å²) >= 11 is 0. The van der Waals surface area contributed by atoms with Crippen LogP contribution in [0, 0.1) is 10.1 Å². The summed E-state index contributed by atoms with van der Waals surface area (Å²) < 4.78 is 39.2. The van der Waals surface area contributed by atoms with E-state index in [0.717, 1.165) is 24.5 Å². The van der Waals surface area contributed by atoms with Crippen LogP contribution in [0.2, 0.25) is 0 Å². The van der Waals surface area contributed by atoms with Gasteiger partial charge >= 0.3 is 11.9 Å². The lowest BCUT2D eigenvalue weighted by atomic mass is 9.91. The number of nitrogens with zero attached hydrogens (tertiary/aromatic N) is 3. The highest BCUT2D eigenvalue weighted by atomic mass is 19.4. The molecule has 0 fully saturated rings. The summed E-state index contributed by atoms with van der Waals surface area (Å²) in [5.41, 5.74) is 4.62. The van der Waals surface area contributed by atoms with Crippen molar-refractivity contribution in [2.24, 2.45) is 0 Å². The second kappa shape index (κ2) is 10.7. The Morgan fingerprint density at radius 1 is 0.865 bits per heavy atom. The van der Waals surface area contributed by atoms with E-state index in [4.69, 9.17) is 0 Å². The highest BCUT2D eigenvalue weighted by Crippen LogP contribution is 2.34. The van der Waals surface area contributed by atoms with E-state index in [1.54, 1.807) is 48.5 Å². The molecule has 0 saturated carbocycles. The lowest BCUT2D eigenvalue weighted by Gasteiger charge is -2.18. The predicted octanol–water partition coefficient (Wildman–Crippen LogP) is 5.42. The first-order valence-electron chi connectivity index (χ1n) is 10.8. The van der Waals surface area contributed by atoms with Crippen molar-refractivity contribution in [2.45, 2.75) is 12.1 Å². The number of carbonyl (C=O) groups excluding carboxylic acids is 1. The molecule has 9 nitrogen and oxygen atoms in total. The molecule has 0 aliphatic carbocycles. The van der Waals surface area contributed by atoms with Crippen molar-refractivity contribution in [1.82, 2.24) is 15.4 Å². The van der Waals surface area contributed by atoms with Gasteiger partial charge in [-0.15, -0.1) is 0 Å². The van der Waals surface area contributed by atoms with Crippen LogP contribution < -0.4 is 16.2 Å². The van der Waals surface area contributed by atoms with E-state index >= 15 is 0 Å². The first kappa shape index (κ1) is 25.1. The highest BCUT2D eigenvalue weighted by Gasteiger charge is 2.31. The number of hydrogen-bond acceptors (Lipinski definition) is 7. The van der Waals surface area contributed by atoms with Crippen LogP contribution >= 0.6 is 0 Å². The first-order chi connectivity index (χ1) is 17.7. The summed E-state index contributed by atoms with van der Waals surface area (Å²) in [6.45, 7) is 0. The molecule has 1 aromatic heterocycles. The van der Waals surface area contributed by atoms with Crippen LogP contribution in [-0.2, 0) is 11.0 Å². The Hall–Kier alpha value is -5.00. The number of rotatable bonds is 8. The molecule has 0 aliphatic rings. The maximum atomic E-state index is 13.2. The van der Waals surface area contributed by atoms with E-state index in [1.165, 1.54) is 6.07 Å². The van der Waals surface area contributed by atoms with Crippen molar-refractivity contribution in [2.75, 3.05) is 10.7 Å². The topological polar surface area (TPSA) is 122 Å². The smallest absolute Gasteiger partial charge is 0.334 e. The van der Waals surface area contributed by atoms with Gasteiger partial charge in [0.1, 0.15) is 6.33 Å². The van der Waals surface area contributed by atoms with Gasteiger partial charge in [0.05, 0.1) is 16.4 Å². The van der Waals surface area contributed by atoms with Crippen molar-refractivity contribution >= 4 is 28.9 Å². The molecule has 3 aromatic carbocycles. The molecular formula is C25H19F3N6O3. The van der Waals surface area contributed by atoms with Gasteiger partial charge in [0.15, 0.2) is 0 Å². The molecule has 4 aromatic rings. The Morgan fingerprint density at radius 2 is 1.46 bits per heavy atom. The number of halogens is 3. The molecular weight excluding hydrogens is 489 g/mol. The molecule has 0 saturated heterocycles. The highest BCUT2D eigenvalue weighted by molar-refractivity contribution is 5.88. The van der Waals surface area contributed by atoms with Crippen LogP contribution in [0.1, 0.15) is 22.6 Å². The van der Waals surface area contributed by atoms with Crippen LogP contribution in [0.5, 0.6) is 0 Å². The van der Waals surface area contributed by atoms with Gasteiger partial charge in [0, 0.05) is 5.69 Å². The van der Waals surface area contributed by atoms with Crippen LogP contribution in [0.25, 0.3) is 0 Å². The number of nitrogens with one attached hydrogen (secondary N) is 3. The number of carbonyl (C=O) groups is 1. The Balaban J connectivity index is 1.60. The average molecular weight is 508 g/mol. The van der Waals surface area contributed by atoms with E-state index in [-0.39, 0.29) is 17.3 Å². The lowest BCUT2D eigenvalue weighted by molar-refractivity contribution is -0.383. The quantitative estimate of drug-likeness (QED) is 0.215. The summed E-state index contributed by atoms with van der Waals surface area (Å²) in [7, 11) is 0. The van der Waals surface area contributed by atoms with Gasteiger partial charge in [-0.3, -0.25) is 25.8 Å². The molecule has 0 unspecified atom stereocenters. The molecule has 0 bridgehead atoms. The van der Waals surface area contributed by atoms with Crippen molar-refractivity contribution in [3.05, 3.63) is 118 Å². The number of anilines is 3. The maximum Gasteiger partial charge on any atom is 0.416 e. The zero-order valence-electron chi connectivity index (χ0n) is 18.9. The minimum Gasteiger partial charge on any atom is -0.334 e.